The van der Waals surface area contributed by atoms with Crippen molar-refractivity contribution in [1.82, 2.24) is 9.29 Å². The SMILES string of the molecule is O=C(Nc1cc(S(=O)(=O)NCC(F)(F)F)ccc1-c1ccccc1)n1ccc2ccccc21. The number of amides is 1. The number of carbonyl (C=O) groups is 1. The van der Waals surface area contributed by atoms with Crippen LogP contribution in [-0.4, -0.2) is 31.7 Å². The van der Waals surface area contributed by atoms with E-state index in [0.717, 1.165) is 11.5 Å². The fourth-order valence-corrected chi connectivity index (χ4v) is 4.40. The Morgan fingerprint density at radius 1 is 0.909 bits per heavy atom. The minimum Gasteiger partial charge on any atom is -0.307 e. The van der Waals surface area contributed by atoms with E-state index in [2.05, 4.69) is 5.32 Å². The fraction of sp³-hybridized carbons (Fsp3) is 0.0870. The zero-order valence-corrected chi connectivity index (χ0v) is 17.8. The number of para-hydroxylation sites is 1. The molecule has 6 nitrogen and oxygen atoms in total. The van der Waals surface area contributed by atoms with Gasteiger partial charge < -0.3 is 5.32 Å². The number of nitrogens with zero attached hydrogens (tertiary/aromatic N) is 1. The van der Waals surface area contributed by atoms with Crippen LogP contribution in [0.4, 0.5) is 23.7 Å². The third-order valence-electron chi connectivity index (χ3n) is 4.91. The van der Waals surface area contributed by atoms with Gasteiger partial charge >= 0.3 is 12.2 Å². The number of hydrogen-bond acceptors (Lipinski definition) is 3. The number of hydrogen-bond donors (Lipinski definition) is 2. The lowest BCUT2D eigenvalue weighted by molar-refractivity contribution is -0.121. The molecule has 0 aliphatic heterocycles. The van der Waals surface area contributed by atoms with Gasteiger partial charge in [-0.15, -0.1) is 0 Å². The maximum absolute atomic E-state index is 13.0. The Hall–Kier alpha value is -3.63. The van der Waals surface area contributed by atoms with E-state index >= 15 is 0 Å². The van der Waals surface area contributed by atoms with E-state index < -0.39 is 33.7 Å². The summed E-state index contributed by atoms with van der Waals surface area (Å²) in [5.41, 5.74) is 1.98. The van der Waals surface area contributed by atoms with Crippen molar-refractivity contribution in [3.05, 3.63) is 85.1 Å². The molecule has 0 aliphatic carbocycles. The van der Waals surface area contributed by atoms with Gasteiger partial charge in [0, 0.05) is 17.1 Å². The van der Waals surface area contributed by atoms with Crippen LogP contribution in [0.15, 0.2) is 90.0 Å². The van der Waals surface area contributed by atoms with E-state index in [9.17, 15) is 26.4 Å². The van der Waals surface area contributed by atoms with Gasteiger partial charge in [0.05, 0.1) is 16.1 Å². The second-order valence-electron chi connectivity index (χ2n) is 7.19. The van der Waals surface area contributed by atoms with Crippen LogP contribution in [0.3, 0.4) is 0 Å². The van der Waals surface area contributed by atoms with Crippen LogP contribution in [0.5, 0.6) is 0 Å². The Labute approximate surface area is 187 Å². The number of nitrogens with one attached hydrogen (secondary N) is 2. The molecule has 0 fully saturated rings. The van der Waals surface area contributed by atoms with Crippen LogP contribution >= 0.6 is 0 Å². The number of benzene rings is 3. The number of aromatic nitrogens is 1. The van der Waals surface area contributed by atoms with Crippen molar-refractivity contribution in [2.75, 3.05) is 11.9 Å². The van der Waals surface area contributed by atoms with Crippen molar-refractivity contribution in [2.24, 2.45) is 0 Å². The van der Waals surface area contributed by atoms with Crippen LogP contribution < -0.4 is 10.0 Å². The zero-order valence-electron chi connectivity index (χ0n) is 17.0. The summed E-state index contributed by atoms with van der Waals surface area (Å²) < 4.78 is 65.4. The largest absolute Gasteiger partial charge is 0.402 e. The molecule has 1 aromatic heterocycles. The Morgan fingerprint density at radius 2 is 1.61 bits per heavy atom. The number of carbonyl (C=O) groups excluding carboxylic acids is 1. The average molecular weight is 473 g/mol. The van der Waals surface area contributed by atoms with Gasteiger partial charge in [-0.25, -0.2) is 17.9 Å². The van der Waals surface area contributed by atoms with E-state index in [0.29, 0.717) is 16.6 Å². The summed E-state index contributed by atoms with van der Waals surface area (Å²) in [5, 5.41) is 3.53. The topological polar surface area (TPSA) is 80.2 Å². The maximum Gasteiger partial charge on any atom is 0.402 e. The van der Waals surface area contributed by atoms with Gasteiger partial charge in [0.15, 0.2) is 0 Å². The summed E-state index contributed by atoms with van der Waals surface area (Å²) in [6.07, 6.45) is -3.13. The van der Waals surface area contributed by atoms with Gasteiger partial charge in [0.2, 0.25) is 10.0 Å². The highest BCUT2D eigenvalue weighted by molar-refractivity contribution is 7.89. The second kappa shape index (κ2) is 8.72. The molecule has 4 aromatic rings. The summed E-state index contributed by atoms with van der Waals surface area (Å²) in [6.45, 7) is -1.70. The molecule has 170 valence electrons. The van der Waals surface area contributed by atoms with E-state index in [-0.39, 0.29) is 5.69 Å². The lowest BCUT2D eigenvalue weighted by atomic mass is 10.0. The minimum atomic E-state index is -4.70. The number of sulfonamides is 1. The van der Waals surface area contributed by atoms with Crippen molar-refractivity contribution >= 4 is 32.6 Å². The van der Waals surface area contributed by atoms with Crippen LogP contribution in [-0.2, 0) is 10.0 Å². The lowest BCUT2D eigenvalue weighted by Gasteiger charge is -2.15. The van der Waals surface area contributed by atoms with Crippen molar-refractivity contribution < 1.29 is 26.4 Å². The molecule has 1 heterocycles. The number of fused-ring (bicyclic) bond motifs is 1. The summed E-state index contributed by atoms with van der Waals surface area (Å²) in [7, 11) is -4.47. The van der Waals surface area contributed by atoms with Crippen molar-refractivity contribution in [2.45, 2.75) is 11.1 Å². The normalized spacial score (nSPS) is 12.1. The van der Waals surface area contributed by atoms with Gasteiger partial charge in [-0.05, 0) is 29.8 Å². The molecule has 10 heteroatoms. The van der Waals surface area contributed by atoms with Crippen LogP contribution in [0.2, 0.25) is 0 Å². The molecule has 2 N–H and O–H groups in total. The zero-order chi connectivity index (χ0) is 23.6. The third kappa shape index (κ3) is 5.07. The van der Waals surface area contributed by atoms with Crippen molar-refractivity contribution in [3.63, 3.8) is 0 Å². The molecule has 0 saturated carbocycles. The van der Waals surface area contributed by atoms with Gasteiger partial charge in [-0.1, -0.05) is 54.6 Å². The Kier molecular flexibility index (Phi) is 5.96. The minimum absolute atomic E-state index is 0.138. The van der Waals surface area contributed by atoms with Crippen molar-refractivity contribution in [3.8, 4) is 11.1 Å². The molecule has 33 heavy (non-hydrogen) atoms. The predicted octanol–water partition coefficient (Wildman–Crippen LogP) is 5.23. The number of alkyl halides is 3. The Balaban J connectivity index is 1.74. The summed E-state index contributed by atoms with van der Waals surface area (Å²) in [6, 6.07) is 21.1. The van der Waals surface area contributed by atoms with Crippen LogP contribution in [0.1, 0.15) is 0 Å². The molecule has 0 saturated heterocycles. The first-order valence-corrected chi connectivity index (χ1v) is 11.3. The van der Waals surface area contributed by atoms with Gasteiger partial charge in [-0.2, -0.15) is 13.2 Å². The van der Waals surface area contributed by atoms with E-state index in [1.54, 1.807) is 54.7 Å². The lowest BCUT2D eigenvalue weighted by Crippen LogP contribution is -2.33. The fourth-order valence-electron chi connectivity index (χ4n) is 3.36. The highest BCUT2D eigenvalue weighted by Crippen LogP contribution is 2.31. The molecule has 0 atom stereocenters. The quantitative estimate of drug-likeness (QED) is 0.417. The predicted molar refractivity (Wildman–Crippen MR) is 119 cm³/mol. The summed E-state index contributed by atoms with van der Waals surface area (Å²) in [5.74, 6) is 0. The molecule has 0 radical (unpaired) electrons. The van der Waals surface area contributed by atoms with E-state index in [1.807, 2.05) is 12.1 Å². The molecular weight excluding hydrogens is 455 g/mol. The maximum atomic E-state index is 13.0. The Morgan fingerprint density at radius 3 is 2.33 bits per heavy atom. The number of halogens is 3. The summed E-state index contributed by atoms with van der Waals surface area (Å²) >= 11 is 0. The number of anilines is 1. The van der Waals surface area contributed by atoms with E-state index in [1.165, 1.54) is 21.4 Å². The number of rotatable bonds is 5. The second-order valence-corrected chi connectivity index (χ2v) is 8.95. The molecule has 0 bridgehead atoms. The van der Waals surface area contributed by atoms with E-state index in [4.69, 9.17) is 0 Å². The van der Waals surface area contributed by atoms with Gasteiger partial charge in [0.25, 0.3) is 0 Å². The highest BCUT2D eigenvalue weighted by Gasteiger charge is 2.30. The smallest absolute Gasteiger partial charge is 0.307 e. The highest BCUT2D eigenvalue weighted by atomic mass is 32.2. The molecule has 1 amide bonds. The first-order valence-electron chi connectivity index (χ1n) is 9.77. The van der Waals surface area contributed by atoms with Crippen molar-refractivity contribution in [1.29, 1.82) is 0 Å². The Bertz CT molecular complexity index is 1420. The molecule has 0 spiro atoms. The summed E-state index contributed by atoms with van der Waals surface area (Å²) in [4.78, 5) is 12.6. The standard InChI is InChI=1S/C23H18F3N3O3S/c24-23(25,26)15-27-33(31,32)18-10-11-19(16-6-2-1-3-7-16)20(14-18)28-22(30)29-13-12-17-8-4-5-9-21(17)29/h1-14,27H,15H2,(H,28,30). The third-order valence-corrected chi connectivity index (χ3v) is 6.31. The molecule has 4 rings (SSSR count). The van der Waals surface area contributed by atoms with Crippen LogP contribution in [0, 0.1) is 0 Å². The molecule has 0 aliphatic rings. The molecule has 3 aromatic carbocycles. The van der Waals surface area contributed by atoms with Gasteiger partial charge in [-0.3, -0.25) is 4.57 Å². The molecule has 0 unspecified atom stereocenters. The average Bonchev–Trinajstić information content (AvgIpc) is 3.22. The monoisotopic (exact) mass is 473 g/mol. The first-order chi connectivity index (χ1) is 15.6. The first kappa shape index (κ1) is 22.6. The van der Waals surface area contributed by atoms with Crippen LogP contribution in [0.25, 0.3) is 22.0 Å². The molecular formula is C23H18F3N3O3S. The van der Waals surface area contributed by atoms with Gasteiger partial charge in [0.1, 0.15) is 6.54 Å².